The Hall–Kier alpha value is -3.23. The fourth-order valence-electron chi connectivity index (χ4n) is 4.70. The van der Waals surface area contributed by atoms with E-state index in [1.54, 1.807) is 13.0 Å². The van der Waals surface area contributed by atoms with Crippen LogP contribution >= 0.6 is 0 Å². The van der Waals surface area contributed by atoms with E-state index in [-0.39, 0.29) is 23.1 Å². The summed E-state index contributed by atoms with van der Waals surface area (Å²) in [6.07, 6.45) is 4.73. The summed E-state index contributed by atoms with van der Waals surface area (Å²) in [6, 6.07) is 12.0. The maximum Gasteiger partial charge on any atom is 0.248 e. The molecule has 1 aliphatic heterocycles. The van der Waals surface area contributed by atoms with Gasteiger partial charge in [-0.3, -0.25) is 4.79 Å². The van der Waals surface area contributed by atoms with Gasteiger partial charge in [-0.25, -0.2) is 8.42 Å². The molecule has 0 saturated carbocycles. The Morgan fingerprint density at radius 1 is 1.03 bits per heavy atom. The number of amides is 1. The molecule has 1 aromatic heterocycles. The molecule has 7 nitrogen and oxygen atoms in total. The van der Waals surface area contributed by atoms with Gasteiger partial charge in [-0.05, 0) is 87.9 Å². The van der Waals surface area contributed by atoms with Crippen molar-refractivity contribution >= 4 is 33.8 Å². The van der Waals surface area contributed by atoms with Gasteiger partial charge in [-0.1, -0.05) is 41.1 Å². The van der Waals surface area contributed by atoms with Crippen molar-refractivity contribution in [2.45, 2.75) is 52.4 Å². The smallest absolute Gasteiger partial charge is 0.248 e. The average molecular weight is 508 g/mol. The maximum absolute atomic E-state index is 13.7. The quantitative estimate of drug-likeness (QED) is 0.481. The molecule has 2 heterocycles. The third-order valence-corrected chi connectivity index (χ3v) is 8.55. The molecule has 4 rings (SSSR count). The van der Waals surface area contributed by atoms with Gasteiger partial charge in [0.15, 0.2) is 10.7 Å². The first kappa shape index (κ1) is 25.9. The van der Waals surface area contributed by atoms with Crippen LogP contribution in [0.5, 0.6) is 0 Å². The summed E-state index contributed by atoms with van der Waals surface area (Å²) in [5, 5.41) is 6.91. The van der Waals surface area contributed by atoms with E-state index in [1.807, 2.05) is 70.2 Å². The van der Waals surface area contributed by atoms with Crippen molar-refractivity contribution in [3.8, 4) is 0 Å². The highest BCUT2D eigenvalue weighted by atomic mass is 32.2. The standard InChI is InChI=1S/C28H33N3O4S/c1-18-8-9-21(4)23(14-18)10-11-26-27(22(5)30-35-26)36(33,34)31-12-6-7-24(17-31)28(32)29-25-15-19(2)13-20(3)16-25/h8-11,13-16,24H,6-7,12,17H2,1-5H3,(H,29,32). The number of rotatable bonds is 6. The van der Waals surface area contributed by atoms with Gasteiger partial charge in [-0.2, -0.15) is 4.31 Å². The molecule has 36 heavy (non-hydrogen) atoms. The van der Waals surface area contributed by atoms with Gasteiger partial charge >= 0.3 is 0 Å². The lowest BCUT2D eigenvalue weighted by molar-refractivity contribution is -0.120. The zero-order valence-electron chi connectivity index (χ0n) is 21.5. The van der Waals surface area contributed by atoms with E-state index >= 15 is 0 Å². The zero-order valence-corrected chi connectivity index (χ0v) is 22.3. The third-order valence-electron chi connectivity index (χ3n) is 6.52. The number of benzene rings is 2. The molecule has 0 radical (unpaired) electrons. The lowest BCUT2D eigenvalue weighted by atomic mass is 9.98. The SMILES string of the molecule is Cc1cc(C)cc(NC(=O)C2CCCN(S(=O)(=O)c3c(C)noc3C=Cc3cc(C)ccc3C)C2)c1. The van der Waals surface area contributed by atoms with Crippen LogP contribution in [-0.4, -0.2) is 36.9 Å². The largest absolute Gasteiger partial charge is 0.355 e. The number of carbonyl (C=O) groups excluding carboxylic acids is 1. The van der Waals surface area contributed by atoms with Crippen LogP contribution in [0.15, 0.2) is 45.8 Å². The lowest BCUT2D eigenvalue weighted by Gasteiger charge is -2.31. The summed E-state index contributed by atoms with van der Waals surface area (Å²) in [7, 11) is -3.91. The van der Waals surface area contributed by atoms with E-state index in [2.05, 4.69) is 10.5 Å². The molecule has 3 aromatic rings. The number of nitrogens with zero attached hydrogens (tertiary/aromatic N) is 2. The first-order valence-electron chi connectivity index (χ1n) is 12.2. The highest BCUT2D eigenvalue weighted by Gasteiger charge is 2.37. The second kappa shape index (κ2) is 10.4. The number of nitrogens with one attached hydrogen (secondary N) is 1. The first-order valence-corrected chi connectivity index (χ1v) is 13.6. The predicted molar refractivity (Wildman–Crippen MR) is 142 cm³/mol. The molecule has 2 aromatic carbocycles. The highest BCUT2D eigenvalue weighted by Crippen LogP contribution is 2.30. The molecule has 1 atom stereocenters. The van der Waals surface area contributed by atoms with E-state index in [1.165, 1.54) is 4.31 Å². The Labute approximate surface area is 213 Å². The van der Waals surface area contributed by atoms with Crippen LogP contribution in [0.4, 0.5) is 5.69 Å². The summed E-state index contributed by atoms with van der Waals surface area (Å²) in [5.41, 5.74) is 6.31. The second-order valence-electron chi connectivity index (χ2n) is 9.72. The van der Waals surface area contributed by atoms with Crippen LogP contribution in [0.25, 0.3) is 12.2 Å². The molecule has 1 saturated heterocycles. The highest BCUT2D eigenvalue weighted by molar-refractivity contribution is 7.89. The Kier molecular flexibility index (Phi) is 7.47. The Bertz CT molecular complexity index is 1400. The Balaban J connectivity index is 1.55. The number of anilines is 1. The molecule has 1 fully saturated rings. The number of sulfonamides is 1. The van der Waals surface area contributed by atoms with Gasteiger partial charge in [0, 0.05) is 18.8 Å². The van der Waals surface area contributed by atoms with E-state index in [4.69, 9.17) is 4.52 Å². The molecule has 8 heteroatoms. The summed E-state index contributed by atoms with van der Waals surface area (Å²) in [4.78, 5) is 13.1. The van der Waals surface area contributed by atoms with Crippen molar-refractivity contribution in [1.29, 1.82) is 0 Å². The second-order valence-corrected chi connectivity index (χ2v) is 11.6. The van der Waals surface area contributed by atoms with Crippen LogP contribution in [0.3, 0.4) is 0 Å². The van der Waals surface area contributed by atoms with Gasteiger partial charge in [-0.15, -0.1) is 0 Å². The Morgan fingerprint density at radius 3 is 2.47 bits per heavy atom. The van der Waals surface area contributed by atoms with Crippen molar-refractivity contribution < 1.29 is 17.7 Å². The predicted octanol–water partition coefficient (Wildman–Crippen LogP) is 5.43. The number of hydrogen-bond acceptors (Lipinski definition) is 5. The monoisotopic (exact) mass is 507 g/mol. The van der Waals surface area contributed by atoms with Crippen LogP contribution in [0, 0.1) is 40.5 Å². The van der Waals surface area contributed by atoms with E-state index in [0.717, 1.165) is 33.5 Å². The van der Waals surface area contributed by atoms with Crippen LogP contribution in [-0.2, 0) is 14.8 Å². The number of piperidine rings is 1. The minimum absolute atomic E-state index is 0.0550. The van der Waals surface area contributed by atoms with Crippen LogP contribution < -0.4 is 5.32 Å². The van der Waals surface area contributed by atoms with Gasteiger partial charge in [0.1, 0.15) is 5.69 Å². The number of aryl methyl sites for hydroxylation is 5. The molecule has 1 aliphatic rings. The Morgan fingerprint density at radius 2 is 1.75 bits per heavy atom. The van der Waals surface area contributed by atoms with Crippen molar-refractivity contribution in [3.05, 3.63) is 75.7 Å². The first-order chi connectivity index (χ1) is 17.0. The van der Waals surface area contributed by atoms with Gasteiger partial charge in [0.25, 0.3) is 0 Å². The minimum atomic E-state index is -3.91. The van der Waals surface area contributed by atoms with E-state index < -0.39 is 15.9 Å². The molecular weight excluding hydrogens is 474 g/mol. The van der Waals surface area contributed by atoms with E-state index in [0.29, 0.717) is 25.1 Å². The maximum atomic E-state index is 13.7. The molecule has 0 spiro atoms. The summed E-state index contributed by atoms with van der Waals surface area (Å²) < 4.78 is 34.2. The topological polar surface area (TPSA) is 92.5 Å². The summed E-state index contributed by atoms with van der Waals surface area (Å²) in [5.74, 6) is -0.421. The number of carbonyl (C=O) groups is 1. The van der Waals surface area contributed by atoms with Gasteiger partial charge < -0.3 is 9.84 Å². The molecule has 0 aliphatic carbocycles. The van der Waals surface area contributed by atoms with Crippen molar-refractivity contribution in [1.82, 2.24) is 9.46 Å². The normalized spacial score (nSPS) is 17.0. The molecule has 0 bridgehead atoms. The summed E-state index contributed by atoms with van der Waals surface area (Å²) >= 11 is 0. The van der Waals surface area contributed by atoms with Crippen molar-refractivity contribution in [2.75, 3.05) is 18.4 Å². The zero-order chi connectivity index (χ0) is 26.0. The molecular formula is C28H33N3O4S. The minimum Gasteiger partial charge on any atom is -0.355 e. The number of hydrogen-bond donors (Lipinski definition) is 1. The lowest BCUT2D eigenvalue weighted by Crippen LogP contribution is -2.43. The molecule has 1 N–H and O–H groups in total. The fraction of sp³-hybridized carbons (Fsp3) is 0.357. The van der Waals surface area contributed by atoms with Gasteiger partial charge in [0.2, 0.25) is 15.9 Å². The average Bonchev–Trinajstić information content (AvgIpc) is 3.20. The fourth-order valence-corrected chi connectivity index (χ4v) is 6.47. The van der Waals surface area contributed by atoms with Crippen LogP contribution in [0.2, 0.25) is 0 Å². The molecule has 190 valence electrons. The third kappa shape index (κ3) is 5.60. The molecule has 1 unspecified atom stereocenters. The van der Waals surface area contributed by atoms with E-state index in [9.17, 15) is 13.2 Å². The molecule has 1 amide bonds. The summed E-state index contributed by atoms with van der Waals surface area (Å²) in [6.45, 7) is 10.0. The van der Waals surface area contributed by atoms with Crippen LogP contribution in [0.1, 0.15) is 52.1 Å². The van der Waals surface area contributed by atoms with Gasteiger partial charge in [0.05, 0.1) is 5.92 Å². The van der Waals surface area contributed by atoms with Crippen molar-refractivity contribution in [2.24, 2.45) is 5.92 Å². The number of aromatic nitrogens is 1. The van der Waals surface area contributed by atoms with Crippen molar-refractivity contribution in [3.63, 3.8) is 0 Å².